The van der Waals surface area contributed by atoms with Gasteiger partial charge in [-0.25, -0.2) is 0 Å². The molecular formula is C22H16O8. The predicted octanol–water partition coefficient (Wildman–Crippen LogP) is 2.07. The number of carbonyl (C=O) groups excluding carboxylic acids is 2. The van der Waals surface area contributed by atoms with Crippen LogP contribution in [-0.4, -0.2) is 44.1 Å². The lowest BCUT2D eigenvalue weighted by Gasteiger charge is -2.56. The van der Waals surface area contributed by atoms with Crippen LogP contribution < -0.4 is 14.2 Å². The van der Waals surface area contributed by atoms with Crippen molar-refractivity contribution in [3.63, 3.8) is 0 Å². The standard InChI is InChI=1S/C22H16O8/c1-25-11-6-7-13-17-15(11)18(24)19-20(27-19)22(17)29-12-5-3-4-9-10(23)8-14(26-2)21(28-13,30-22)16(9)12/h3-7,14,19-20H,8H2,1-2H3/t14-,19-,20-,21-,22+/m1/s1. The van der Waals surface area contributed by atoms with Gasteiger partial charge in [0.2, 0.25) is 0 Å². The van der Waals surface area contributed by atoms with Gasteiger partial charge in [0, 0.05) is 19.1 Å². The first kappa shape index (κ1) is 16.8. The van der Waals surface area contributed by atoms with E-state index in [1.807, 2.05) is 0 Å². The van der Waals surface area contributed by atoms with Crippen LogP contribution in [0.2, 0.25) is 0 Å². The lowest BCUT2D eigenvalue weighted by atomic mass is 9.77. The molecule has 0 amide bonds. The largest absolute Gasteiger partial charge is 0.496 e. The molecule has 30 heavy (non-hydrogen) atoms. The van der Waals surface area contributed by atoms with E-state index >= 15 is 0 Å². The van der Waals surface area contributed by atoms with Crippen molar-refractivity contribution in [3.8, 4) is 17.2 Å². The van der Waals surface area contributed by atoms with Gasteiger partial charge < -0.3 is 23.7 Å². The number of epoxide rings is 1. The first-order chi connectivity index (χ1) is 14.5. The zero-order valence-corrected chi connectivity index (χ0v) is 16.1. The van der Waals surface area contributed by atoms with Crippen molar-refractivity contribution in [3.05, 3.63) is 52.6 Å². The number of hydrogen-bond acceptors (Lipinski definition) is 8. The van der Waals surface area contributed by atoms with E-state index in [0.717, 1.165) is 0 Å². The number of Topliss-reactive ketones (excluding diaryl/α,β-unsaturated/α-hetero) is 2. The highest BCUT2D eigenvalue weighted by Crippen LogP contribution is 2.65. The number of ether oxygens (including phenoxy) is 6. The molecule has 0 unspecified atom stereocenters. The van der Waals surface area contributed by atoms with Crippen molar-refractivity contribution >= 4 is 11.6 Å². The quantitative estimate of drug-likeness (QED) is 0.698. The molecule has 2 aromatic rings. The molecule has 5 aliphatic rings. The molecule has 2 bridgehead atoms. The normalized spacial score (nSPS) is 36.0. The van der Waals surface area contributed by atoms with Crippen LogP contribution in [0.4, 0.5) is 0 Å². The first-order valence-electron chi connectivity index (χ1n) is 9.73. The van der Waals surface area contributed by atoms with Crippen LogP contribution >= 0.6 is 0 Å². The van der Waals surface area contributed by atoms with Crippen LogP contribution in [0.15, 0.2) is 30.3 Å². The summed E-state index contributed by atoms with van der Waals surface area (Å²) in [5.74, 6) is -1.78. The lowest BCUT2D eigenvalue weighted by molar-refractivity contribution is -0.390. The second-order valence-electron chi connectivity index (χ2n) is 8.03. The van der Waals surface area contributed by atoms with Crippen LogP contribution in [0.25, 0.3) is 0 Å². The van der Waals surface area contributed by atoms with Crippen molar-refractivity contribution in [2.24, 2.45) is 0 Å². The zero-order chi connectivity index (χ0) is 20.4. The molecule has 3 aliphatic heterocycles. The van der Waals surface area contributed by atoms with E-state index in [4.69, 9.17) is 28.4 Å². The number of rotatable bonds is 2. The Hall–Kier alpha value is -2.94. The number of methoxy groups -OCH3 is 2. The summed E-state index contributed by atoms with van der Waals surface area (Å²) < 4.78 is 36.4. The molecule has 0 saturated carbocycles. The lowest BCUT2D eigenvalue weighted by Crippen LogP contribution is -2.65. The van der Waals surface area contributed by atoms with Crippen LogP contribution in [0, 0.1) is 0 Å². The summed E-state index contributed by atoms with van der Waals surface area (Å²) in [6.45, 7) is 0. The summed E-state index contributed by atoms with van der Waals surface area (Å²) in [5, 5.41) is 0. The fourth-order valence-electron chi connectivity index (χ4n) is 5.36. The minimum absolute atomic E-state index is 0.0725. The van der Waals surface area contributed by atoms with Crippen molar-refractivity contribution in [2.75, 3.05) is 14.2 Å². The maximum absolute atomic E-state index is 13.0. The van der Waals surface area contributed by atoms with Gasteiger partial charge in [0.25, 0.3) is 11.6 Å². The van der Waals surface area contributed by atoms with Crippen LogP contribution in [-0.2, 0) is 25.8 Å². The summed E-state index contributed by atoms with van der Waals surface area (Å²) in [4.78, 5) is 25.8. The van der Waals surface area contributed by atoms with E-state index < -0.39 is 29.9 Å². The number of carbonyl (C=O) groups is 2. The van der Waals surface area contributed by atoms with Gasteiger partial charge in [-0.15, -0.1) is 0 Å². The van der Waals surface area contributed by atoms with Crippen molar-refractivity contribution in [2.45, 2.75) is 36.3 Å². The summed E-state index contributed by atoms with van der Waals surface area (Å²) >= 11 is 0. The molecule has 1 fully saturated rings. The summed E-state index contributed by atoms with van der Waals surface area (Å²) in [7, 11) is 3.02. The average Bonchev–Trinajstić information content (AvgIpc) is 3.56. The fourth-order valence-corrected chi connectivity index (χ4v) is 5.36. The Morgan fingerprint density at radius 3 is 2.60 bits per heavy atom. The molecule has 8 nitrogen and oxygen atoms in total. The molecule has 0 aromatic heterocycles. The number of ketones is 2. The number of hydrogen-bond donors (Lipinski definition) is 0. The van der Waals surface area contributed by atoms with Gasteiger partial charge >= 0.3 is 0 Å². The van der Waals surface area contributed by atoms with Gasteiger partial charge in [-0.05, 0) is 18.2 Å². The van der Waals surface area contributed by atoms with Gasteiger partial charge in [-0.2, -0.15) is 0 Å². The van der Waals surface area contributed by atoms with Gasteiger partial charge in [0.05, 0.1) is 23.8 Å². The van der Waals surface area contributed by atoms with E-state index in [9.17, 15) is 9.59 Å². The third-order valence-electron chi connectivity index (χ3n) is 6.65. The second-order valence-corrected chi connectivity index (χ2v) is 8.03. The maximum Gasteiger partial charge on any atom is 0.274 e. The Morgan fingerprint density at radius 1 is 1.00 bits per heavy atom. The molecule has 0 radical (unpaired) electrons. The van der Waals surface area contributed by atoms with Gasteiger partial charge in [0.1, 0.15) is 23.4 Å². The van der Waals surface area contributed by atoms with E-state index in [1.165, 1.54) is 14.2 Å². The third kappa shape index (κ3) is 1.64. The Bertz CT molecular complexity index is 1190. The number of fused-ring (bicyclic) bond motifs is 1. The van der Waals surface area contributed by atoms with E-state index in [1.54, 1.807) is 30.3 Å². The van der Waals surface area contributed by atoms with Crippen LogP contribution in [0.5, 0.6) is 17.2 Å². The maximum atomic E-state index is 13.0. The molecular weight excluding hydrogens is 392 g/mol. The Kier molecular flexibility index (Phi) is 2.82. The van der Waals surface area contributed by atoms with Crippen molar-refractivity contribution < 1.29 is 38.0 Å². The molecule has 2 aromatic carbocycles. The highest BCUT2D eigenvalue weighted by atomic mass is 16.8. The summed E-state index contributed by atoms with van der Waals surface area (Å²) in [5.41, 5.74) is 1.78. The molecule has 2 aliphatic carbocycles. The molecule has 7 rings (SSSR count). The highest BCUT2D eigenvalue weighted by molar-refractivity contribution is 6.07. The molecule has 1 saturated heterocycles. The summed E-state index contributed by atoms with van der Waals surface area (Å²) in [6.07, 6.45) is -1.92. The topological polar surface area (TPSA) is 92.8 Å². The molecule has 5 atom stereocenters. The highest BCUT2D eigenvalue weighted by Gasteiger charge is 2.76. The zero-order valence-electron chi connectivity index (χ0n) is 16.1. The van der Waals surface area contributed by atoms with E-state index in [0.29, 0.717) is 39.5 Å². The predicted molar refractivity (Wildman–Crippen MR) is 97.9 cm³/mol. The van der Waals surface area contributed by atoms with Gasteiger partial charge in [-0.1, -0.05) is 12.1 Å². The monoisotopic (exact) mass is 408 g/mol. The SMILES string of the molecule is COc1ccc2c3c1C(=O)[C@H]1O[C@H]1[C@]31Oc3cccc4c3[C@](O2)(O1)[C@H](OC)CC4=O. The van der Waals surface area contributed by atoms with E-state index in [-0.39, 0.29) is 18.0 Å². The molecule has 8 heteroatoms. The van der Waals surface area contributed by atoms with Crippen molar-refractivity contribution in [1.82, 2.24) is 0 Å². The fraction of sp³-hybridized carbons (Fsp3) is 0.364. The number of benzene rings is 2. The van der Waals surface area contributed by atoms with Gasteiger partial charge in [-0.3, -0.25) is 14.3 Å². The van der Waals surface area contributed by atoms with Crippen molar-refractivity contribution in [1.29, 1.82) is 0 Å². The first-order valence-corrected chi connectivity index (χ1v) is 9.73. The minimum Gasteiger partial charge on any atom is -0.496 e. The molecule has 152 valence electrons. The Morgan fingerprint density at radius 2 is 1.80 bits per heavy atom. The molecule has 3 heterocycles. The third-order valence-corrected chi connectivity index (χ3v) is 6.65. The van der Waals surface area contributed by atoms with Crippen LogP contribution in [0.3, 0.4) is 0 Å². The minimum atomic E-state index is -1.40. The molecule has 2 spiro atoms. The Balaban J connectivity index is 1.59. The summed E-state index contributed by atoms with van der Waals surface area (Å²) in [6, 6.07) is 8.68. The van der Waals surface area contributed by atoms with E-state index in [2.05, 4.69) is 0 Å². The van der Waals surface area contributed by atoms with Gasteiger partial charge in [0.15, 0.2) is 23.8 Å². The second kappa shape index (κ2) is 5.03. The molecule has 0 N–H and O–H groups in total. The van der Waals surface area contributed by atoms with Crippen LogP contribution in [0.1, 0.15) is 38.3 Å². The smallest absolute Gasteiger partial charge is 0.274 e. The Labute approximate surface area is 170 Å². The average molecular weight is 408 g/mol.